The molecule has 1 aromatic heterocycles. The van der Waals surface area contributed by atoms with Crippen molar-refractivity contribution in [2.24, 2.45) is 0 Å². The van der Waals surface area contributed by atoms with Gasteiger partial charge in [-0.3, -0.25) is 4.79 Å². The van der Waals surface area contributed by atoms with E-state index in [4.69, 9.17) is 5.11 Å². The molecule has 1 unspecified atom stereocenters. The summed E-state index contributed by atoms with van der Waals surface area (Å²) >= 11 is 1.32. The van der Waals surface area contributed by atoms with E-state index in [-0.39, 0.29) is 11.9 Å². The molecular formula is C21H29NO3S. The minimum atomic E-state index is -0.872. The number of nitrogens with zero attached hydrogens (tertiary/aromatic N) is 1. The Morgan fingerprint density at radius 2 is 2.19 bits per heavy atom. The molecule has 5 heteroatoms. The van der Waals surface area contributed by atoms with Gasteiger partial charge >= 0.3 is 5.97 Å². The molecule has 1 fully saturated rings. The fraction of sp³-hybridized carbons (Fsp3) is 0.524. The first-order valence-corrected chi connectivity index (χ1v) is 10.3. The quantitative estimate of drug-likeness (QED) is 0.459. The van der Waals surface area contributed by atoms with E-state index in [1.165, 1.54) is 29.8 Å². The zero-order valence-electron chi connectivity index (χ0n) is 15.7. The zero-order chi connectivity index (χ0) is 18.9. The van der Waals surface area contributed by atoms with Crippen LogP contribution in [-0.4, -0.2) is 34.5 Å². The van der Waals surface area contributed by atoms with E-state index >= 15 is 0 Å². The molecule has 0 bridgehead atoms. The molecule has 1 amide bonds. The number of carboxylic acids is 1. The van der Waals surface area contributed by atoms with E-state index in [2.05, 4.69) is 32.1 Å². The summed E-state index contributed by atoms with van der Waals surface area (Å²) < 4.78 is 0. The molecule has 1 aromatic rings. The number of aryl methyl sites for hydroxylation is 1. The number of hydrogen-bond acceptors (Lipinski definition) is 3. The number of carbonyl (C=O) groups excluding carboxylic acids is 1. The van der Waals surface area contributed by atoms with Gasteiger partial charge in [0.2, 0.25) is 5.91 Å². The van der Waals surface area contributed by atoms with Crippen LogP contribution in [0.5, 0.6) is 0 Å². The predicted molar refractivity (Wildman–Crippen MR) is 107 cm³/mol. The number of allylic oxidation sites excluding steroid dienone is 3. The first-order valence-electron chi connectivity index (χ1n) is 9.47. The maximum atomic E-state index is 12.2. The minimum Gasteiger partial charge on any atom is -0.477 e. The zero-order valence-corrected chi connectivity index (χ0v) is 16.6. The molecule has 2 heterocycles. The van der Waals surface area contributed by atoms with E-state index in [1.54, 1.807) is 6.07 Å². The van der Waals surface area contributed by atoms with Crippen LogP contribution in [0.3, 0.4) is 0 Å². The first-order chi connectivity index (χ1) is 12.5. The van der Waals surface area contributed by atoms with Crippen molar-refractivity contribution in [3.63, 3.8) is 0 Å². The van der Waals surface area contributed by atoms with Crippen molar-refractivity contribution >= 4 is 23.2 Å². The van der Waals surface area contributed by atoms with Gasteiger partial charge in [0, 0.05) is 17.8 Å². The number of thiophene rings is 1. The Bertz CT molecular complexity index is 675. The monoisotopic (exact) mass is 375 g/mol. The van der Waals surface area contributed by atoms with Gasteiger partial charge in [0.15, 0.2) is 0 Å². The standard InChI is InChI=1S/C21H29NO3S/c1-3-4-5-7-16(2)9-10-17-11-14-20(23)22(17)15-6-8-18-12-13-19(26-18)21(24)25/h7,9-10,12-13,17H,3-6,8,11,14-15H2,1-2H3,(H,24,25). The number of aromatic carboxylic acids is 1. The third kappa shape index (κ3) is 6.13. The van der Waals surface area contributed by atoms with Crippen LogP contribution in [-0.2, 0) is 11.2 Å². The fourth-order valence-electron chi connectivity index (χ4n) is 3.16. The van der Waals surface area contributed by atoms with Crippen molar-refractivity contribution < 1.29 is 14.7 Å². The van der Waals surface area contributed by atoms with E-state index in [0.717, 1.165) is 37.1 Å². The average molecular weight is 376 g/mol. The highest BCUT2D eigenvalue weighted by molar-refractivity contribution is 7.13. The molecule has 4 nitrogen and oxygen atoms in total. The molecule has 0 aromatic carbocycles. The number of rotatable bonds is 10. The topological polar surface area (TPSA) is 57.6 Å². The third-order valence-corrected chi connectivity index (χ3v) is 5.81. The molecule has 0 radical (unpaired) electrons. The Labute approximate surface area is 160 Å². The second-order valence-corrected chi connectivity index (χ2v) is 7.99. The summed E-state index contributed by atoms with van der Waals surface area (Å²) in [5.41, 5.74) is 1.26. The fourth-order valence-corrected chi connectivity index (χ4v) is 4.05. The van der Waals surface area contributed by atoms with Crippen molar-refractivity contribution in [1.82, 2.24) is 4.90 Å². The Balaban J connectivity index is 1.84. The summed E-state index contributed by atoms with van der Waals surface area (Å²) in [5, 5.41) is 8.98. The van der Waals surface area contributed by atoms with Crippen LogP contribution in [0.1, 0.15) is 66.9 Å². The molecule has 26 heavy (non-hydrogen) atoms. The van der Waals surface area contributed by atoms with Crippen molar-refractivity contribution in [3.8, 4) is 0 Å². The lowest BCUT2D eigenvalue weighted by molar-refractivity contribution is -0.128. The molecule has 1 aliphatic heterocycles. The number of carbonyl (C=O) groups is 2. The molecular weight excluding hydrogens is 346 g/mol. The van der Waals surface area contributed by atoms with Crippen molar-refractivity contribution in [2.75, 3.05) is 6.54 Å². The van der Waals surface area contributed by atoms with Crippen LogP contribution < -0.4 is 0 Å². The number of amides is 1. The second-order valence-electron chi connectivity index (χ2n) is 6.82. The number of carboxylic acid groups (broad SMARTS) is 1. The van der Waals surface area contributed by atoms with Crippen LogP contribution in [0.25, 0.3) is 0 Å². The average Bonchev–Trinajstić information content (AvgIpc) is 3.21. The lowest BCUT2D eigenvalue weighted by Crippen LogP contribution is -2.32. The lowest BCUT2D eigenvalue weighted by atomic mass is 10.1. The van der Waals surface area contributed by atoms with Gasteiger partial charge in [0.05, 0.1) is 6.04 Å². The van der Waals surface area contributed by atoms with Crippen LogP contribution >= 0.6 is 11.3 Å². The number of likely N-dealkylation sites (tertiary alicyclic amines) is 1. The molecule has 1 saturated heterocycles. The van der Waals surface area contributed by atoms with Crippen LogP contribution in [0, 0.1) is 0 Å². The summed E-state index contributed by atoms with van der Waals surface area (Å²) in [6.07, 6.45) is 13.3. The lowest BCUT2D eigenvalue weighted by Gasteiger charge is -2.22. The van der Waals surface area contributed by atoms with E-state index in [1.807, 2.05) is 11.0 Å². The van der Waals surface area contributed by atoms with E-state index in [0.29, 0.717) is 11.3 Å². The van der Waals surface area contributed by atoms with Crippen molar-refractivity contribution in [2.45, 2.75) is 64.8 Å². The van der Waals surface area contributed by atoms with E-state index in [9.17, 15) is 9.59 Å². The van der Waals surface area contributed by atoms with Gasteiger partial charge < -0.3 is 10.0 Å². The van der Waals surface area contributed by atoms with Crippen molar-refractivity contribution in [3.05, 3.63) is 45.7 Å². The van der Waals surface area contributed by atoms with Gasteiger partial charge in [0.25, 0.3) is 0 Å². The molecule has 0 spiro atoms. The third-order valence-electron chi connectivity index (χ3n) is 4.67. The van der Waals surface area contributed by atoms with Gasteiger partial charge in [-0.1, -0.05) is 43.6 Å². The molecule has 0 saturated carbocycles. The minimum absolute atomic E-state index is 0.190. The van der Waals surface area contributed by atoms with Crippen LogP contribution in [0.2, 0.25) is 0 Å². The maximum Gasteiger partial charge on any atom is 0.345 e. The Hall–Kier alpha value is -1.88. The van der Waals surface area contributed by atoms with Gasteiger partial charge in [0.1, 0.15) is 4.88 Å². The molecule has 1 atom stereocenters. The molecule has 142 valence electrons. The molecule has 2 rings (SSSR count). The largest absolute Gasteiger partial charge is 0.477 e. The summed E-state index contributed by atoms with van der Waals surface area (Å²) in [4.78, 5) is 26.5. The summed E-state index contributed by atoms with van der Waals surface area (Å²) in [6.45, 7) is 5.04. The Kier molecular flexibility index (Phi) is 8.10. The number of unbranched alkanes of at least 4 members (excludes halogenated alkanes) is 2. The SMILES string of the molecule is CCCCC=C(C)C=CC1CCC(=O)N1CCCc1ccc(C(=O)O)s1. The Morgan fingerprint density at radius 3 is 2.88 bits per heavy atom. The van der Waals surface area contributed by atoms with Crippen molar-refractivity contribution in [1.29, 1.82) is 0 Å². The van der Waals surface area contributed by atoms with Gasteiger partial charge in [-0.15, -0.1) is 11.3 Å². The first kappa shape index (κ1) is 20.4. The van der Waals surface area contributed by atoms with E-state index < -0.39 is 5.97 Å². The second kappa shape index (κ2) is 10.3. The molecule has 1 N–H and O–H groups in total. The van der Waals surface area contributed by atoms with Crippen LogP contribution in [0.15, 0.2) is 35.9 Å². The highest BCUT2D eigenvalue weighted by Gasteiger charge is 2.28. The molecule has 0 aliphatic carbocycles. The summed E-state index contributed by atoms with van der Waals surface area (Å²) in [5.74, 6) is -0.645. The van der Waals surface area contributed by atoms with Crippen LogP contribution in [0.4, 0.5) is 0 Å². The summed E-state index contributed by atoms with van der Waals surface area (Å²) in [6, 6.07) is 3.72. The van der Waals surface area contributed by atoms with Gasteiger partial charge in [-0.25, -0.2) is 4.79 Å². The Morgan fingerprint density at radius 1 is 1.38 bits per heavy atom. The van der Waals surface area contributed by atoms with Gasteiger partial charge in [-0.05, 0) is 44.7 Å². The smallest absolute Gasteiger partial charge is 0.345 e. The highest BCUT2D eigenvalue weighted by atomic mass is 32.1. The maximum absolute atomic E-state index is 12.2. The normalized spacial score (nSPS) is 18.2. The highest BCUT2D eigenvalue weighted by Crippen LogP contribution is 2.23. The molecule has 1 aliphatic rings. The number of hydrogen-bond donors (Lipinski definition) is 1. The van der Waals surface area contributed by atoms with Gasteiger partial charge in [-0.2, -0.15) is 0 Å². The predicted octanol–water partition coefficient (Wildman–Crippen LogP) is 5.06. The summed E-state index contributed by atoms with van der Waals surface area (Å²) in [7, 11) is 0.